The van der Waals surface area contributed by atoms with Gasteiger partial charge in [0.15, 0.2) is 0 Å². The van der Waals surface area contributed by atoms with Gasteiger partial charge in [0.25, 0.3) is 5.91 Å². The van der Waals surface area contributed by atoms with E-state index in [0.717, 1.165) is 27.3 Å². The highest BCUT2D eigenvalue weighted by Crippen LogP contribution is 2.33. The van der Waals surface area contributed by atoms with E-state index in [2.05, 4.69) is 50.8 Å². The summed E-state index contributed by atoms with van der Waals surface area (Å²) in [7, 11) is 0. The Morgan fingerprint density at radius 2 is 2.30 bits per heavy atom. The van der Waals surface area contributed by atoms with E-state index in [9.17, 15) is 4.79 Å². The van der Waals surface area contributed by atoms with Gasteiger partial charge in [-0.2, -0.15) is 0 Å². The highest BCUT2D eigenvalue weighted by molar-refractivity contribution is 14.1. The molecule has 110 valence electrons. The monoisotopic (exact) mass is 450 g/mol. The Labute approximate surface area is 142 Å². The molecule has 1 fully saturated rings. The van der Waals surface area contributed by atoms with Crippen LogP contribution in [0.4, 0.5) is 0 Å². The van der Waals surface area contributed by atoms with Crippen molar-refractivity contribution in [3.63, 3.8) is 0 Å². The lowest BCUT2D eigenvalue weighted by Crippen LogP contribution is -2.59. The van der Waals surface area contributed by atoms with Crippen LogP contribution in [0, 0.1) is 9.49 Å². The number of nitrogens with two attached hydrogens (primary N) is 1. The second-order valence-corrected chi connectivity index (χ2v) is 7.66. The molecule has 20 heavy (non-hydrogen) atoms. The molecule has 1 amide bonds. The zero-order chi connectivity index (χ0) is 14.8. The van der Waals surface area contributed by atoms with Crippen LogP contribution < -0.4 is 11.1 Å². The van der Waals surface area contributed by atoms with E-state index in [1.807, 2.05) is 18.2 Å². The molecule has 1 aromatic carbocycles. The lowest BCUT2D eigenvalue weighted by atomic mass is 9.73. The number of halogens is 2. The smallest absolute Gasteiger partial charge is 0.252 e. The molecule has 0 aliphatic heterocycles. The number of carbonyl (C=O) groups is 1. The molecule has 0 aromatic heterocycles. The summed E-state index contributed by atoms with van der Waals surface area (Å²) in [6.45, 7) is 2.70. The third-order valence-electron chi connectivity index (χ3n) is 4.35. The summed E-state index contributed by atoms with van der Waals surface area (Å²) >= 11 is 5.62. The number of benzene rings is 1. The van der Waals surface area contributed by atoms with E-state index >= 15 is 0 Å². The predicted octanol–water partition coefficient (Wildman–Crippen LogP) is 3.69. The first-order valence-electron chi connectivity index (χ1n) is 6.96. The fourth-order valence-electron chi connectivity index (χ4n) is 2.92. The summed E-state index contributed by atoms with van der Waals surface area (Å²) in [6, 6.07) is 5.76. The van der Waals surface area contributed by atoms with E-state index in [0.29, 0.717) is 18.0 Å². The molecule has 1 aliphatic carbocycles. The molecule has 2 unspecified atom stereocenters. The Balaban J connectivity index is 2.23. The number of amides is 1. The molecule has 3 N–H and O–H groups in total. The van der Waals surface area contributed by atoms with Crippen LogP contribution in [0.25, 0.3) is 0 Å². The van der Waals surface area contributed by atoms with E-state index < -0.39 is 0 Å². The lowest BCUT2D eigenvalue weighted by molar-refractivity contribution is 0.0812. The van der Waals surface area contributed by atoms with E-state index in [1.165, 1.54) is 6.42 Å². The maximum atomic E-state index is 12.6. The Bertz CT molecular complexity index is 509. The first-order chi connectivity index (χ1) is 9.48. The van der Waals surface area contributed by atoms with E-state index in [4.69, 9.17) is 5.73 Å². The van der Waals surface area contributed by atoms with Crippen molar-refractivity contribution in [2.75, 3.05) is 6.54 Å². The van der Waals surface area contributed by atoms with Gasteiger partial charge in [0.1, 0.15) is 0 Å². The Hall–Kier alpha value is -0.140. The fraction of sp³-hybridized carbons (Fsp3) is 0.533. The van der Waals surface area contributed by atoms with Crippen molar-refractivity contribution >= 4 is 44.4 Å². The lowest BCUT2D eigenvalue weighted by Gasteiger charge is -2.42. The quantitative estimate of drug-likeness (QED) is 0.690. The Kier molecular flexibility index (Phi) is 5.48. The SMILES string of the molecule is CC1CCCCC1(CN)NC(=O)c1cc(Br)ccc1I. The van der Waals surface area contributed by atoms with Gasteiger partial charge >= 0.3 is 0 Å². The molecule has 0 radical (unpaired) electrons. The molecule has 1 saturated carbocycles. The topological polar surface area (TPSA) is 55.1 Å². The van der Waals surface area contributed by atoms with Gasteiger partial charge in [-0.25, -0.2) is 0 Å². The molecule has 5 heteroatoms. The number of hydrogen-bond donors (Lipinski definition) is 2. The van der Waals surface area contributed by atoms with Gasteiger partial charge in [-0.3, -0.25) is 4.79 Å². The van der Waals surface area contributed by atoms with Crippen molar-refractivity contribution in [1.82, 2.24) is 5.32 Å². The second-order valence-electron chi connectivity index (χ2n) is 5.59. The highest BCUT2D eigenvalue weighted by Gasteiger charge is 2.38. The van der Waals surface area contributed by atoms with Crippen molar-refractivity contribution in [2.45, 2.75) is 38.1 Å². The summed E-state index contributed by atoms with van der Waals surface area (Å²) in [5.74, 6) is 0.407. The molecule has 1 aromatic rings. The standard InChI is InChI=1S/C15H20BrIN2O/c1-10-4-2-3-7-15(10,9-18)19-14(20)12-8-11(16)5-6-13(12)17/h5-6,8,10H,2-4,7,9,18H2,1H3,(H,19,20). The minimum Gasteiger partial charge on any atom is -0.345 e. The van der Waals surface area contributed by atoms with Crippen LogP contribution in [-0.2, 0) is 0 Å². The molecular weight excluding hydrogens is 431 g/mol. The average molecular weight is 451 g/mol. The zero-order valence-electron chi connectivity index (χ0n) is 11.6. The molecule has 1 aliphatic rings. The van der Waals surface area contributed by atoms with Gasteiger partial charge in [0.2, 0.25) is 0 Å². The minimum atomic E-state index is -0.249. The molecule has 2 rings (SSSR count). The van der Waals surface area contributed by atoms with E-state index in [-0.39, 0.29) is 11.4 Å². The predicted molar refractivity (Wildman–Crippen MR) is 93.7 cm³/mol. The number of hydrogen-bond acceptors (Lipinski definition) is 2. The fourth-order valence-corrected chi connectivity index (χ4v) is 3.86. The number of nitrogens with one attached hydrogen (secondary N) is 1. The molecule has 3 nitrogen and oxygen atoms in total. The van der Waals surface area contributed by atoms with Gasteiger partial charge in [0.05, 0.1) is 11.1 Å². The summed E-state index contributed by atoms with van der Waals surface area (Å²) in [4.78, 5) is 12.6. The van der Waals surface area contributed by atoms with Gasteiger partial charge in [0, 0.05) is 14.6 Å². The Morgan fingerprint density at radius 3 is 2.95 bits per heavy atom. The van der Waals surface area contributed by atoms with Crippen LogP contribution in [0.15, 0.2) is 22.7 Å². The Morgan fingerprint density at radius 1 is 1.55 bits per heavy atom. The molecule has 0 bridgehead atoms. The van der Waals surface area contributed by atoms with Crippen LogP contribution in [0.3, 0.4) is 0 Å². The van der Waals surface area contributed by atoms with Crippen LogP contribution in [0.1, 0.15) is 43.0 Å². The second kappa shape index (κ2) is 6.75. The average Bonchev–Trinajstić information content (AvgIpc) is 2.44. The maximum Gasteiger partial charge on any atom is 0.252 e. The highest BCUT2D eigenvalue weighted by atomic mass is 127. The molecule has 0 spiro atoms. The molecule has 2 atom stereocenters. The van der Waals surface area contributed by atoms with Gasteiger partial charge in [-0.05, 0) is 59.5 Å². The van der Waals surface area contributed by atoms with Crippen LogP contribution >= 0.6 is 38.5 Å². The van der Waals surface area contributed by atoms with Crippen molar-refractivity contribution in [2.24, 2.45) is 11.7 Å². The largest absolute Gasteiger partial charge is 0.345 e. The molecule has 0 heterocycles. The first kappa shape index (κ1) is 16.2. The number of carbonyl (C=O) groups excluding carboxylic acids is 1. The van der Waals surface area contributed by atoms with E-state index in [1.54, 1.807) is 0 Å². The van der Waals surface area contributed by atoms with Crippen LogP contribution in [-0.4, -0.2) is 18.0 Å². The molecule has 0 saturated heterocycles. The normalized spacial score (nSPS) is 26.3. The van der Waals surface area contributed by atoms with Crippen molar-refractivity contribution < 1.29 is 4.79 Å². The van der Waals surface area contributed by atoms with Gasteiger partial charge < -0.3 is 11.1 Å². The summed E-state index contributed by atoms with van der Waals surface area (Å²) in [5, 5.41) is 3.23. The van der Waals surface area contributed by atoms with Crippen molar-refractivity contribution in [3.8, 4) is 0 Å². The first-order valence-corrected chi connectivity index (χ1v) is 8.83. The summed E-state index contributed by atoms with van der Waals surface area (Å²) in [5.41, 5.74) is 6.46. The van der Waals surface area contributed by atoms with Crippen molar-refractivity contribution in [3.05, 3.63) is 31.8 Å². The third-order valence-corrected chi connectivity index (χ3v) is 5.79. The summed E-state index contributed by atoms with van der Waals surface area (Å²) < 4.78 is 1.88. The third kappa shape index (κ3) is 3.36. The van der Waals surface area contributed by atoms with Gasteiger partial charge in [-0.1, -0.05) is 35.7 Å². The van der Waals surface area contributed by atoms with Crippen LogP contribution in [0.5, 0.6) is 0 Å². The zero-order valence-corrected chi connectivity index (χ0v) is 15.3. The van der Waals surface area contributed by atoms with Crippen molar-refractivity contribution in [1.29, 1.82) is 0 Å². The summed E-state index contributed by atoms with van der Waals surface area (Å²) in [6.07, 6.45) is 4.47. The molecular formula is C15H20BrIN2O. The number of rotatable bonds is 3. The minimum absolute atomic E-state index is 0.0186. The van der Waals surface area contributed by atoms with Gasteiger partial charge in [-0.15, -0.1) is 0 Å². The maximum absolute atomic E-state index is 12.6. The van der Waals surface area contributed by atoms with Crippen LogP contribution in [0.2, 0.25) is 0 Å².